The number of hydrogen-bond acceptors (Lipinski definition) is 3. The first-order valence-corrected chi connectivity index (χ1v) is 8.74. The number of nitrogens with one attached hydrogen (secondary N) is 2. The van der Waals surface area contributed by atoms with Gasteiger partial charge in [-0.2, -0.15) is 12.7 Å². The highest BCUT2D eigenvalue weighted by atomic mass is 32.2. The third-order valence-corrected chi connectivity index (χ3v) is 5.51. The Morgan fingerprint density at radius 1 is 1.10 bits per heavy atom. The molecule has 1 fully saturated rings. The summed E-state index contributed by atoms with van der Waals surface area (Å²) >= 11 is 0. The van der Waals surface area contributed by atoms with Gasteiger partial charge in [-0.15, -0.1) is 0 Å². The molecule has 0 aromatic heterocycles. The van der Waals surface area contributed by atoms with Crippen LogP contribution in [-0.2, 0) is 16.6 Å². The predicted molar refractivity (Wildman–Crippen MR) is 81.2 cm³/mol. The Bertz CT molecular complexity index is 578. The van der Waals surface area contributed by atoms with Gasteiger partial charge in [0.1, 0.15) is 0 Å². The lowest BCUT2D eigenvalue weighted by molar-refractivity contribution is 0.427. The lowest BCUT2D eigenvalue weighted by Gasteiger charge is -2.21. The molecule has 0 aliphatic carbocycles. The van der Waals surface area contributed by atoms with E-state index in [1.54, 1.807) is 4.31 Å². The Hall–Kier alpha value is -1.27. The van der Waals surface area contributed by atoms with E-state index < -0.39 is 10.2 Å². The van der Waals surface area contributed by atoms with Crippen LogP contribution in [0.4, 0.5) is 11.4 Å². The molecule has 0 atom stereocenters. The zero-order chi connectivity index (χ0) is 14.0. The summed E-state index contributed by atoms with van der Waals surface area (Å²) in [5.74, 6) is 0. The van der Waals surface area contributed by atoms with Crippen LogP contribution >= 0.6 is 0 Å². The molecule has 0 unspecified atom stereocenters. The van der Waals surface area contributed by atoms with E-state index in [0.29, 0.717) is 18.8 Å². The van der Waals surface area contributed by atoms with Crippen LogP contribution in [0.3, 0.4) is 0 Å². The van der Waals surface area contributed by atoms with Gasteiger partial charge in [-0.05, 0) is 43.0 Å². The number of benzene rings is 1. The third-order valence-electron chi connectivity index (χ3n) is 3.97. The van der Waals surface area contributed by atoms with Gasteiger partial charge in [0.15, 0.2) is 0 Å². The van der Waals surface area contributed by atoms with Gasteiger partial charge < -0.3 is 5.32 Å². The highest BCUT2D eigenvalue weighted by molar-refractivity contribution is 7.90. The number of anilines is 2. The highest BCUT2D eigenvalue weighted by Crippen LogP contribution is 2.26. The summed E-state index contributed by atoms with van der Waals surface area (Å²) in [6, 6.07) is 5.71. The molecule has 6 heteroatoms. The van der Waals surface area contributed by atoms with Crippen molar-refractivity contribution in [1.29, 1.82) is 0 Å². The second-order valence-electron chi connectivity index (χ2n) is 5.47. The third kappa shape index (κ3) is 2.91. The average molecular weight is 295 g/mol. The van der Waals surface area contributed by atoms with Crippen LogP contribution in [0.15, 0.2) is 18.2 Å². The van der Waals surface area contributed by atoms with E-state index in [-0.39, 0.29) is 0 Å². The minimum atomic E-state index is -3.41. The van der Waals surface area contributed by atoms with Crippen LogP contribution in [0, 0.1) is 0 Å². The summed E-state index contributed by atoms with van der Waals surface area (Å²) in [5, 5.41) is 3.27. The van der Waals surface area contributed by atoms with Gasteiger partial charge >= 0.3 is 10.2 Å². The summed E-state index contributed by atoms with van der Waals surface area (Å²) < 4.78 is 29.1. The molecular weight excluding hydrogens is 274 g/mol. The van der Waals surface area contributed by atoms with E-state index in [1.807, 2.05) is 18.2 Å². The van der Waals surface area contributed by atoms with Crippen molar-refractivity contribution in [3.05, 3.63) is 23.8 Å². The van der Waals surface area contributed by atoms with Crippen LogP contribution in [0.5, 0.6) is 0 Å². The first-order valence-electron chi connectivity index (χ1n) is 7.30. The Morgan fingerprint density at radius 2 is 1.85 bits per heavy atom. The Morgan fingerprint density at radius 3 is 2.60 bits per heavy atom. The number of fused-ring (bicyclic) bond motifs is 1. The molecule has 2 aliphatic rings. The average Bonchev–Trinajstić information content (AvgIpc) is 2.70. The molecule has 110 valence electrons. The van der Waals surface area contributed by atoms with Crippen molar-refractivity contribution in [3.8, 4) is 0 Å². The summed E-state index contributed by atoms with van der Waals surface area (Å²) in [7, 11) is -3.41. The van der Waals surface area contributed by atoms with Crippen LogP contribution in [0.25, 0.3) is 0 Å². The number of nitrogens with zero attached hydrogens (tertiary/aromatic N) is 1. The highest BCUT2D eigenvalue weighted by Gasteiger charge is 2.23. The molecule has 0 amide bonds. The second kappa shape index (κ2) is 5.61. The predicted octanol–water partition coefficient (Wildman–Crippen LogP) is 2.19. The van der Waals surface area contributed by atoms with Gasteiger partial charge in [0.25, 0.3) is 0 Å². The van der Waals surface area contributed by atoms with Gasteiger partial charge in [-0.25, -0.2) is 0 Å². The standard InChI is InChI=1S/C14H21N3O2S/c18-20(19,17-9-3-1-2-4-10-17)16-13-5-6-14-12(11-13)7-8-15-14/h5-6,11,15-16H,1-4,7-10H2. The maximum Gasteiger partial charge on any atom is 0.301 e. The summed E-state index contributed by atoms with van der Waals surface area (Å²) in [6.07, 6.45) is 5.10. The van der Waals surface area contributed by atoms with Crippen molar-refractivity contribution in [1.82, 2.24) is 4.31 Å². The summed E-state index contributed by atoms with van der Waals surface area (Å²) in [4.78, 5) is 0. The molecule has 1 saturated heterocycles. The zero-order valence-electron chi connectivity index (χ0n) is 11.6. The molecule has 1 aromatic rings. The zero-order valence-corrected chi connectivity index (χ0v) is 12.4. The Kier molecular flexibility index (Phi) is 3.85. The lowest BCUT2D eigenvalue weighted by atomic mass is 10.1. The van der Waals surface area contributed by atoms with Crippen molar-refractivity contribution in [2.24, 2.45) is 0 Å². The van der Waals surface area contributed by atoms with E-state index in [9.17, 15) is 8.42 Å². The minimum Gasteiger partial charge on any atom is -0.384 e. The second-order valence-corrected chi connectivity index (χ2v) is 7.14. The van der Waals surface area contributed by atoms with Crippen molar-refractivity contribution < 1.29 is 8.42 Å². The Balaban J connectivity index is 1.75. The molecule has 1 aromatic carbocycles. The number of rotatable bonds is 3. The van der Waals surface area contributed by atoms with E-state index >= 15 is 0 Å². The van der Waals surface area contributed by atoms with E-state index in [2.05, 4.69) is 10.0 Å². The van der Waals surface area contributed by atoms with Crippen LogP contribution in [0.1, 0.15) is 31.2 Å². The largest absolute Gasteiger partial charge is 0.384 e. The minimum absolute atomic E-state index is 0.627. The smallest absolute Gasteiger partial charge is 0.301 e. The first-order chi connectivity index (χ1) is 9.65. The van der Waals surface area contributed by atoms with Gasteiger partial charge in [-0.1, -0.05) is 12.8 Å². The molecule has 0 radical (unpaired) electrons. The van der Waals surface area contributed by atoms with E-state index in [0.717, 1.165) is 44.3 Å². The molecule has 5 nitrogen and oxygen atoms in total. The van der Waals surface area contributed by atoms with Crippen LogP contribution in [-0.4, -0.2) is 32.4 Å². The summed E-state index contributed by atoms with van der Waals surface area (Å²) in [6.45, 7) is 2.18. The molecule has 20 heavy (non-hydrogen) atoms. The van der Waals surface area contributed by atoms with Crippen molar-refractivity contribution >= 4 is 21.6 Å². The normalized spacial score (nSPS) is 20.0. The molecule has 0 bridgehead atoms. The van der Waals surface area contributed by atoms with Gasteiger partial charge in [0.2, 0.25) is 0 Å². The molecule has 3 rings (SSSR count). The first kappa shape index (κ1) is 13.7. The van der Waals surface area contributed by atoms with Crippen LogP contribution in [0.2, 0.25) is 0 Å². The van der Waals surface area contributed by atoms with Crippen molar-refractivity contribution in [2.75, 3.05) is 29.7 Å². The molecular formula is C14H21N3O2S. The molecule has 0 spiro atoms. The van der Waals surface area contributed by atoms with Gasteiger partial charge in [-0.3, -0.25) is 4.72 Å². The van der Waals surface area contributed by atoms with Crippen molar-refractivity contribution in [3.63, 3.8) is 0 Å². The van der Waals surface area contributed by atoms with E-state index in [4.69, 9.17) is 0 Å². The summed E-state index contributed by atoms with van der Waals surface area (Å²) in [5.41, 5.74) is 2.96. The lowest BCUT2D eigenvalue weighted by Crippen LogP contribution is -2.36. The number of hydrogen-bond donors (Lipinski definition) is 2. The van der Waals surface area contributed by atoms with Gasteiger partial charge in [0, 0.05) is 25.3 Å². The quantitative estimate of drug-likeness (QED) is 0.898. The van der Waals surface area contributed by atoms with E-state index in [1.165, 1.54) is 5.56 Å². The van der Waals surface area contributed by atoms with Gasteiger partial charge in [0.05, 0.1) is 5.69 Å². The fourth-order valence-electron chi connectivity index (χ4n) is 2.86. The topological polar surface area (TPSA) is 61.4 Å². The van der Waals surface area contributed by atoms with Crippen LogP contribution < -0.4 is 10.0 Å². The fraction of sp³-hybridized carbons (Fsp3) is 0.571. The van der Waals surface area contributed by atoms with Crippen molar-refractivity contribution in [2.45, 2.75) is 32.1 Å². The monoisotopic (exact) mass is 295 g/mol. The Labute approximate surface area is 120 Å². The molecule has 2 heterocycles. The molecule has 0 saturated carbocycles. The SMILES string of the molecule is O=S(=O)(Nc1ccc2c(c1)CCN2)N1CCCCCC1. The maximum absolute atomic E-state index is 12.4. The maximum atomic E-state index is 12.4. The molecule has 2 N–H and O–H groups in total. The fourth-order valence-corrected chi connectivity index (χ4v) is 4.16. The molecule has 2 aliphatic heterocycles.